The third-order valence-corrected chi connectivity index (χ3v) is 2.18. The van der Waals surface area contributed by atoms with Gasteiger partial charge in [-0.15, -0.1) is 0 Å². The molecular weight excluding hydrogens is 222 g/mol. The predicted octanol–water partition coefficient (Wildman–Crippen LogP) is 1.20. The number of benzene rings is 1. The zero-order valence-electron chi connectivity index (χ0n) is 9.80. The minimum atomic E-state index is -0.872. The lowest BCUT2D eigenvalue weighted by Crippen LogP contribution is -2.29. The smallest absolute Gasteiger partial charge is 0.335 e. The number of rotatable bonds is 5. The highest BCUT2D eigenvalue weighted by atomic mass is 16.6. The molecule has 0 aliphatic heterocycles. The number of anilines is 1. The first-order chi connectivity index (χ1) is 8.17. The van der Waals surface area contributed by atoms with Gasteiger partial charge in [-0.1, -0.05) is 18.2 Å². The number of nitrogens with one attached hydrogen (secondary N) is 1. The number of hydrogen-bond acceptors (Lipinski definition) is 4. The molecule has 0 fully saturated rings. The predicted molar refractivity (Wildman–Crippen MR) is 62.5 cm³/mol. The normalized spacial score (nSPS) is 11.6. The van der Waals surface area contributed by atoms with E-state index in [2.05, 4.69) is 10.1 Å². The van der Waals surface area contributed by atoms with Gasteiger partial charge in [-0.3, -0.25) is 4.79 Å². The van der Waals surface area contributed by atoms with E-state index < -0.39 is 12.1 Å². The maximum Gasteiger partial charge on any atom is 0.335 e. The van der Waals surface area contributed by atoms with Crippen molar-refractivity contribution >= 4 is 17.6 Å². The van der Waals surface area contributed by atoms with Gasteiger partial charge in [0.25, 0.3) is 0 Å². The molecule has 1 N–H and O–H groups in total. The zero-order chi connectivity index (χ0) is 12.7. The van der Waals surface area contributed by atoms with E-state index in [4.69, 9.17) is 4.74 Å². The third kappa shape index (κ3) is 4.24. The summed E-state index contributed by atoms with van der Waals surface area (Å²) >= 11 is 0. The number of ether oxygens (including phenoxy) is 2. The van der Waals surface area contributed by atoms with Crippen molar-refractivity contribution in [1.82, 2.24) is 0 Å². The van der Waals surface area contributed by atoms with Gasteiger partial charge in [-0.2, -0.15) is 0 Å². The lowest BCUT2D eigenvalue weighted by atomic mass is 10.2. The van der Waals surface area contributed by atoms with Crippen LogP contribution in [0.3, 0.4) is 0 Å². The summed E-state index contributed by atoms with van der Waals surface area (Å²) in [7, 11) is 2.61. The minimum Gasteiger partial charge on any atom is -0.467 e. The molecule has 17 heavy (non-hydrogen) atoms. The summed E-state index contributed by atoms with van der Waals surface area (Å²) in [5, 5.41) is 2.66. The summed E-state index contributed by atoms with van der Waals surface area (Å²) < 4.78 is 9.39. The van der Waals surface area contributed by atoms with Crippen LogP contribution in [0.15, 0.2) is 30.3 Å². The summed E-state index contributed by atoms with van der Waals surface area (Å²) in [4.78, 5) is 22.8. The molecule has 92 valence electrons. The van der Waals surface area contributed by atoms with E-state index in [0.29, 0.717) is 5.69 Å². The second-order valence-electron chi connectivity index (χ2n) is 3.37. The lowest BCUT2D eigenvalue weighted by molar-refractivity contribution is -0.154. The van der Waals surface area contributed by atoms with E-state index in [-0.39, 0.29) is 12.3 Å². The Balaban J connectivity index is 2.51. The van der Waals surface area contributed by atoms with Gasteiger partial charge in [0.15, 0.2) is 6.10 Å². The number of carbonyl (C=O) groups is 2. The van der Waals surface area contributed by atoms with Crippen LogP contribution in [0, 0.1) is 0 Å². The highest BCUT2D eigenvalue weighted by Crippen LogP contribution is 2.07. The molecule has 5 nitrogen and oxygen atoms in total. The molecule has 1 unspecified atom stereocenters. The largest absolute Gasteiger partial charge is 0.467 e. The van der Waals surface area contributed by atoms with Gasteiger partial charge in [0.1, 0.15) is 0 Å². The third-order valence-electron chi connectivity index (χ3n) is 2.18. The first kappa shape index (κ1) is 13.2. The molecule has 1 aromatic rings. The van der Waals surface area contributed by atoms with E-state index in [1.54, 1.807) is 12.1 Å². The Hall–Kier alpha value is -1.88. The van der Waals surface area contributed by atoms with E-state index in [1.165, 1.54) is 14.2 Å². The van der Waals surface area contributed by atoms with Gasteiger partial charge in [-0.25, -0.2) is 4.79 Å². The molecule has 0 aromatic heterocycles. The number of esters is 1. The van der Waals surface area contributed by atoms with Crippen LogP contribution in [-0.2, 0) is 19.1 Å². The van der Waals surface area contributed by atoms with Crippen molar-refractivity contribution < 1.29 is 19.1 Å². The Morgan fingerprint density at radius 2 is 1.88 bits per heavy atom. The van der Waals surface area contributed by atoms with Crippen molar-refractivity contribution in [1.29, 1.82) is 0 Å². The van der Waals surface area contributed by atoms with Crippen molar-refractivity contribution in [3.8, 4) is 0 Å². The molecule has 1 aromatic carbocycles. The molecule has 5 heteroatoms. The van der Waals surface area contributed by atoms with Crippen molar-refractivity contribution in [3.05, 3.63) is 30.3 Å². The van der Waals surface area contributed by atoms with Gasteiger partial charge in [0, 0.05) is 12.8 Å². The van der Waals surface area contributed by atoms with Gasteiger partial charge in [0.2, 0.25) is 5.91 Å². The van der Waals surface area contributed by atoms with E-state index >= 15 is 0 Å². The Bertz CT molecular complexity index is 377. The summed E-state index contributed by atoms with van der Waals surface area (Å²) in [5.74, 6) is -0.857. The monoisotopic (exact) mass is 237 g/mol. The molecule has 0 spiro atoms. The van der Waals surface area contributed by atoms with Gasteiger partial charge >= 0.3 is 5.97 Å². The van der Waals surface area contributed by atoms with Crippen molar-refractivity contribution in [3.63, 3.8) is 0 Å². The molecule has 1 amide bonds. The molecule has 1 rings (SSSR count). The number of hydrogen-bond donors (Lipinski definition) is 1. The van der Waals surface area contributed by atoms with Gasteiger partial charge in [0.05, 0.1) is 13.5 Å². The van der Waals surface area contributed by atoms with Crippen LogP contribution in [0.25, 0.3) is 0 Å². The zero-order valence-corrected chi connectivity index (χ0v) is 9.80. The summed E-state index contributed by atoms with van der Waals surface area (Å²) in [6.45, 7) is 0. The van der Waals surface area contributed by atoms with Crippen LogP contribution in [0.4, 0.5) is 5.69 Å². The SMILES string of the molecule is COC(=O)C(CC(=O)Nc1ccccc1)OC. The Morgan fingerprint density at radius 3 is 2.41 bits per heavy atom. The first-order valence-electron chi connectivity index (χ1n) is 5.13. The maximum atomic E-state index is 11.6. The molecule has 0 aliphatic rings. The molecule has 0 bridgehead atoms. The highest BCUT2D eigenvalue weighted by Gasteiger charge is 2.21. The van der Waals surface area contributed by atoms with Crippen molar-refractivity contribution in [2.75, 3.05) is 19.5 Å². The lowest BCUT2D eigenvalue weighted by Gasteiger charge is -2.12. The quantitative estimate of drug-likeness (QED) is 0.781. The highest BCUT2D eigenvalue weighted by molar-refractivity contribution is 5.93. The fraction of sp³-hybridized carbons (Fsp3) is 0.333. The second kappa shape index (κ2) is 6.65. The van der Waals surface area contributed by atoms with Crippen LogP contribution in [0.1, 0.15) is 6.42 Å². The Labute approximate surface area is 99.7 Å². The Kier molecular flexibility index (Phi) is 5.16. The standard InChI is InChI=1S/C12H15NO4/c1-16-10(12(15)17-2)8-11(14)13-9-6-4-3-5-7-9/h3-7,10H,8H2,1-2H3,(H,13,14). The molecule has 0 saturated carbocycles. The van der Waals surface area contributed by atoms with Crippen molar-refractivity contribution in [2.45, 2.75) is 12.5 Å². The maximum absolute atomic E-state index is 11.6. The molecule has 0 radical (unpaired) electrons. The van der Waals surface area contributed by atoms with Gasteiger partial charge in [-0.05, 0) is 12.1 Å². The molecular formula is C12H15NO4. The Morgan fingerprint density at radius 1 is 1.24 bits per heavy atom. The second-order valence-corrected chi connectivity index (χ2v) is 3.37. The number of carbonyl (C=O) groups excluding carboxylic acids is 2. The average molecular weight is 237 g/mol. The van der Waals surface area contributed by atoms with E-state index in [9.17, 15) is 9.59 Å². The van der Waals surface area contributed by atoms with Crippen molar-refractivity contribution in [2.24, 2.45) is 0 Å². The molecule has 0 aliphatic carbocycles. The van der Waals surface area contributed by atoms with E-state index in [0.717, 1.165) is 0 Å². The summed E-state index contributed by atoms with van der Waals surface area (Å²) in [6.07, 6.45) is -0.943. The van der Waals surface area contributed by atoms with E-state index in [1.807, 2.05) is 18.2 Å². The summed E-state index contributed by atoms with van der Waals surface area (Å²) in [5.41, 5.74) is 0.678. The average Bonchev–Trinajstić information content (AvgIpc) is 2.36. The van der Waals surface area contributed by atoms with Crippen LogP contribution in [0.2, 0.25) is 0 Å². The molecule has 0 heterocycles. The first-order valence-corrected chi connectivity index (χ1v) is 5.13. The number of para-hydroxylation sites is 1. The fourth-order valence-corrected chi connectivity index (χ4v) is 1.30. The number of methoxy groups -OCH3 is 2. The van der Waals surface area contributed by atoms with Crippen LogP contribution >= 0.6 is 0 Å². The van der Waals surface area contributed by atoms with Crippen LogP contribution in [-0.4, -0.2) is 32.2 Å². The topological polar surface area (TPSA) is 64.6 Å². The number of amides is 1. The van der Waals surface area contributed by atoms with Gasteiger partial charge < -0.3 is 14.8 Å². The molecule has 1 atom stereocenters. The minimum absolute atomic E-state index is 0.0714. The van der Waals surface area contributed by atoms with Crippen LogP contribution in [0.5, 0.6) is 0 Å². The summed E-state index contributed by atoms with van der Waals surface area (Å²) in [6, 6.07) is 8.99. The fourth-order valence-electron chi connectivity index (χ4n) is 1.30. The van der Waals surface area contributed by atoms with Crippen LogP contribution < -0.4 is 5.32 Å². The molecule has 0 saturated heterocycles.